The fourth-order valence-electron chi connectivity index (χ4n) is 5.73. The zero-order valence-electron chi connectivity index (χ0n) is 23.4. The highest BCUT2D eigenvalue weighted by Crippen LogP contribution is 2.49. The van der Waals surface area contributed by atoms with Crippen molar-refractivity contribution in [1.29, 1.82) is 0 Å². The van der Waals surface area contributed by atoms with Gasteiger partial charge in [-0.3, -0.25) is 19.2 Å². The second kappa shape index (κ2) is 11.7. The van der Waals surface area contributed by atoms with Gasteiger partial charge in [-0.25, -0.2) is 17.2 Å². The molecule has 0 aromatic rings. The van der Waals surface area contributed by atoms with Gasteiger partial charge in [-0.1, -0.05) is 20.8 Å². The molecule has 238 valence electrons. The molecule has 6 atom stereocenters. The molecule has 4 fully saturated rings. The summed E-state index contributed by atoms with van der Waals surface area (Å²) in [6.45, 7) is 4.31. The third-order valence-corrected chi connectivity index (χ3v) is 8.66. The SMILES string of the molecule is CC(C)(C)[C@H](NC(=O)C(F)(F)F)C(=O)N1[C@H]2CC[C@@H]([C@H]1C(=O)N[C@@H](/C=C(\F)S(C)(=O)=O)C[C@H]1CCNC1=O)C(F)(F)C2. The topological polar surface area (TPSA) is 142 Å². The fraction of sp³-hybridized carbons (Fsp3) is 0.760. The number of nitrogens with zero attached hydrogens (tertiary/aromatic N) is 1. The van der Waals surface area contributed by atoms with E-state index in [9.17, 15) is 45.2 Å². The largest absolute Gasteiger partial charge is 0.471 e. The molecule has 0 spiro atoms. The van der Waals surface area contributed by atoms with Crippen molar-refractivity contribution < 1.29 is 53.9 Å². The number of carbonyl (C=O) groups is 4. The molecule has 0 aromatic heterocycles. The number of hydrogen-bond donors (Lipinski definition) is 3. The highest BCUT2D eigenvalue weighted by atomic mass is 32.2. The maximum atomic E-state index is 15.1. The van der Waals surface area contributed by atoms with Gasteiger partial charge in [0, 0.05) is 31.2 Å². The number of nitrogens with one attached hydrogen (secondary N) is 3. The molecule has 3 aliphatic heterocycles. The third kappa shape index (κ3) is 7.37. The first kappa shape index (κ1) is 33.6. The Balaban J connectivity index is 2.00. The quantitative estimate of drug-likeness (QED) is 0.350. The highest BCUT2D eigenvalue weighted by molar-refractivity contribution is 7.94. The van der Waals surface area contributed by atoms with Crippen LogP contribution in [0.1, 0.15) is 52.9 Å². The normalized spacial score (nSPS) is 27.7. The van der Waals surface area contributed by atoms with Crippen molar-refractivity contribution in [1.82, 2.24) is 20.9 Å². The van der Waals surface area contributed by atoms with E-state index in [0.717, 1.165) is 4.90 Å². The van der Waals surface area contributed by atoms with Crippen molar-refractivity contribution in [3.8, 4) is 0 Å². The smallest absolute Gasteiger partial charge is 0.356 e. The van der Waals surface area contributed by atoms with Crippen LogP contribution in [0.4, 0.5) is 26.3 Å². The van der Waals surface area contributed by atoms with E-state index in [4.69, 9.17) is 0 Å². The Morgan fingerprint density at radius 3 is 2.21 bits per heavy atom. The molecule has 0 unspecified atom stereocenters. The minimum atomic E-state index is -5.36. The minimum Gasteiger partial charge on any atom is -0.356 e. The Kier molecular flexibility index (Phi) is 9.36. The third-order valence-electron chi connectivity index (χ3n) is 7.82. The van der Waals surface area contributed by atoms with Gasteiger partial charge < -0.3 is 20.9 Å². The van der Waals surface area contributed by atoms with Gasteiger partial charge in [-0.15, -0.1) is 0 Å². The Hall–Kier alpha value is -2.85. The average molecular weight is 633 g/mol. The van der Waals surface area contributed by atoms with E-state index in [0.29, 0.717) is 12.3 Å². The molecule has 4 amide bonds. The molecule has 42 heavy (non-hydrogen) atoms. The van der Waals surface area contributed by atoms with Crippen LogP contribution in [0.5, 0.6) is 0 Å². The van der Waals surface area contributed by atoms with Gasteiger partial charge in [-0.05, 0) is 37.2 Å². The number of halogens is 6. The van der Waals surface area contributed by atoms with Crippen molar-refractivity contribution in [3.63, 3.8) is 0 Å². The minimum absolute atomic E-state index is 0.00808. The van der Waals surface area contributed by atoms with E-state index < -0.39 is 98.6 Å². The lowest BCUT2D eigenvalue weighted by Gasteiger charge is -2.55. The van der Waals surface area contributed by atoms with Crippen LogP contribution in [-0.4, -0.2) is 86.0 Å². The van der Waals surface area contributed by atoms with Crippen molar-refractivity contribution in [2.75, 3.05) is 12.8 Å². The lowest BCUT2D eigenvalue weighted by Crippen LogP contribution is -2.71. The Morgan fingerprint density at radius 2 is 1.74 bits per heavy atom. The second-order valence-corrected chi connectivity index (χ2v) is 14.1. The molecule has 0 aromatic carbocycles. The number of sulfone groups is 1. The molecular formula is C25H34F6N4O6S. The van der Waals surface area contributed by atoms with Crippen LogP contribution >= 0.6 is 0 Å². The van der Waals surface area contributed by atoms with Crippen LogP contribution in [0.15, 0.2) is 11.2 Å². The standard InChI is InChI=1S/C25H34F6N4O6S/c1-23(2,3)18(34-22(39)25(29,30)31)21(38)35-14-5-6-15(24(27,28)11-14)17(35)20(37)33-13(10-16(26)42(4,40)41)9-12-7-8-32-19(12)36/h10,12-15,17-18H,5-9,11H2,1-4H3,(H,32,36)(H,33,37)(H,34,39)/b16-10+/t12-,13-,14+,15+,17+,18-/m1/s1. The van der Waals surface area contributed by atoms with Gasteiger partial charge in [0.15, 0.2) is 0 Å². The van der Waals surface area contributed by atoms with Crippen LogP contribution in [0.25, 0.3) is 0 Å². The first-order chi connectivity index (χ1) is 19.0. The summed E-state index contributed by atoms with van der Waals surface area (Å²) in [6.07, 6.45) is -5.38. The molecule has 1 saturated carbocycles. The number of hydrogen-bond acceptors (Lipinski definition) is 6. The van der Waals surface area contributed by atoms with Crippen molar-refractivity contribution in [2.45, 2.75) is 89.1 Å². The second-order valence-electron chi connectivity index (χ2n) is 12.1. The van der Waals surface area contributed by atoms with Gasteiger partial charge in [0.05, 0.1) is 12.0 Å². The molecular weight excluding hydrogens is 598 g/mol. The van der Waals surface area contributed by atoms with E-state index in [2.05, 4.69) is 10.6 Å². The van der Waals surface area contributed by atoms with Gasteiger partial charge in [0.2, 0.25) is 32.7 Å². The first-order valence-corrected chi connectivity index (χ1v) is 15.2. The predicted octanol–water partition coefficient (Wildman–Crippen LogP) is 1.96. The van der Waals surface area contributed by atoms with E-state index in [-0.39, 0.29) is 32.2 Å². The number of alkyl halides is 5. The first-order valence-electron chi connectivity index (χ1n) is 13.3. The molecule has 3 N–H and O–H groups in total. The summed E-state index contributed by atoms with van der Waals surface area (Å²) in [5, 5.41) is 4.81. The van der Waals surface area contributed by atoms with Crippen LogP contribution in [0, 0.1) is 17.3 Å². The lowest BCUT2D eigenvalue weighted by molar-refractivity contribution is -0.197. The number of fused-ring (bicyclic) bond motifs is 3. The van der Waals surface area contributed by atoms with Gasteiger partial charge in [0.1, 0.15) is 12.1 Å². The monoisotopic (exact) mass is 632 g/mol. The fourth-order valence-corrected chi connectivity index (χ4v) is 6.14. The number of piperidine rings is 2. The zero-order chi connectivity index (χ0) is 32.0. The van der Waals surface area contributed by atoms with E-state index in [1.54, 1.807) is 5.32 Å². The molecule has 3 heterocycles. The molecule has 17 heteroatoms. The van der Waals surface area contributed by atoms with E-state index >= 15 is 8.78 Å². The Labute approximate surface area is 238 Å². The maximum absolute atomic E-state index is 15.1. The Morgan fingerprint density at radius 1 is 1.12 bits per heavy atom. The molecule has 3 saturated heterocycles. The highest BCUT2D eigenvalue weighted by Gasteiger charge is 2.61. The zero-order valence-corrected chi connectivity index (χ0v) is 24.2. The summed E-state index contributed by atoms with van der Waals surface area (Å²) in [5.41, 5.74) is -1.35. The summed E-state index contributed by atoms with van der Waals surface area (Å²) in [6, 6.07) is -6.56. The lowest BCUT2D eigenvalue weighted by atomic mass is 9.70. The van der Waals surface area contributed by atoms with Crippen LogP contribution in [0.3, 0.4) is 0 Å². The molecule has 4 rings (SSSR count). The van der Waals surface area contributed by atoms with Crippen molar-refractivity contribution in [3.05, 3.63) is 11.2 Å². The van der Waals surface area contributed by atoms with Crippen molar-refractivity contribution >= 4 is 33.5 Å². The van der Waals surface area contributed by atoms with Gasteiger partial charge >= 0.3 is 12.1 Å². The summed E-state index contributed by atoms with van der Waals surface area (Å²) >= 11 is 0. The number of rotatable bonds is 8. The van der Waals surface area contributed by atoms with E-state index in [1.807, 2.05) is 0 Å². The van der Waals surface area contributed by atoms with Crippen molar-refractivity contribution in [2.24, 2.45) is 17.3 Å². The maximum Gasteiger partial charge on any atom is 0.471 e. The molecule has 10 nitrogen and oxygen atoms in total. The summed E-state index contributed by atoms with van der Waals surface area (Å²) < 4.78 is 107. The summed E-state index contributed by atoms with van der Waals surface area (Å²) in [4.78, 5) is 52.0. The van der Waals surface area contributed by atoms with Gasteiger partial charge in [-0.2, -0.15) is 17.6 Å². The predicted molar refractivity (Wildman–Crippen MR) is 136 cm³/mol. The van der Waals surface area contributed by atoms with E-state index in [1.165, 1.54) is 20.8 Å². The molecule has 1 aliphatic carbocycles. The molecule has 0 radical (unpaired) electrons. The van der Waals surface area contributed by atoms with Crippen LogP contribution in [-0.2, 0) is 29.0 Å². The van der Waals surface area contributed by atoms with Crippen LogP contribution in [0.2, 0.25) is 0 Å². The summed E-state index contributed by atoms with van der Waals surface area (Å²) in [5.74, 6) is -11.3. The number of amides is 4. The van der Waals surface area contributed by atoms with Gasteiger partial charge in [0.25, 0.3) is 5.92 Å². The average Bonchev–Trinajstić information content (AvgIpc) is 3.22. The summed E-state index contributed by atoms with van der Waals surface area (Å²) in [7, 11) is -4.38. The molecule has 4 aliphatic rings. The van der Waals surface area contributed by atoms with Crippen LogP contribution < -0.4 is 16.0 Å². The number of carbonyl (C=O) groups excluding carboxylic acids is 4. The Bertz CT molecular complexity index is 1250. The molecule has 2 bridgehead atoms.